The van der Waals surface area contributed by atoms with Gasteiger partial charge in [-0.1, -0.05) is 72.8 Å². The Morgan fingerprint density at radius 1 is 0.912 bits per heavy atom. The SMILES string of the molecule is COc1ccccc1NC(=O)N(CCC(c1ccccc1)c1ccccc1)Cc1sccc1C. The first kappa shape index (κ1) is 23.6. The molecule has 0 saturated carbocycles. The largest absolute Gasteiger partial charge is 0.495 e. The smallest absolute Gasteiger partial charge is 0.322 e. The topological polar surface area (TPSA) is 41.6 Å². The highest BCUT2D eigenvalue weighted by atomic mass is 32.1. The number of thiophene rings is 1. The molecular weight excluding hydrogens is 440 g/mol. The van der Waals surface area contributed by atoms with E-state index in [-0.39, 0.29) is 11.9 Å². The highest BCUT2D eigenvalue weighted by Crippen LogP contribution is 2.29. The van der Waals surface area contributed by atoms with E-state index in [9.17, 15) is 4.79 Å². The number of aryl methyl sites for hydroxylation is 1. The number of nitrogens with one attached hydrogen (secondary N) is 1. The van der Waals surface area contributed by atoms with Crippen molar-refractivity contribution >= 4 is 23.1 Å². The second kappa shape index (κ2) is 11.5. The normalized spacial score (nSPS) is 10.8. The molecule has 5 heteroatoms. The van der Waals surface area contributed by atoms with Crippen molar-refractivity contribution in [2.45, 2.75) is 25.8 Å². The Balaban J connectivity index is 1.58. The third kappa shape index (κ3) is 5.86. The zero-order valence-electron chi connectivity index (χ0n) is 19.6. The van der Waals surface area contributed by atoms with Crippen LogP contribution in [0.15, 0.2) is 96.4 Å². The van der Waals surface area contributed by atoms with Gasteiger partial charge in [-0.15, -0.1) is 11.3 Å². The summed E-state index contributed by atoms with van der Waals surface area (Å²) in [6.45, 7) is 3.28. The molecule has 0 saturated heterocycles. The van der Waals surface area contributed by atoms with Crippen molar-refractivity contribution in [2.75, 3.05) is 19.0 Å². The molecule has 34 heavy (non-hydrogen) atoms. The molecule has 3 aromatic carbocycles. The summed E-state index contributed by atoms with van der Waals surface area (Å²) in [4.78, 5) is 16.6. The van der Waals surface area contributed by atoms with Gasteiger partial charge in [-0.3, -0.25) is 0 Å². The minimum Gasteiger partial charge on any atom is -0.495 e. The first-order valence-corrected chi connectivity index (χ1v) is 12.4. The van der Waals surface area contributed by atoms with Gasteiger partial charge < -0.3 is 15.0 Å². The van der Waals surface area contributed by atoms with E-state index < -0.39 is 0 Å². The van der Waals surface area contributed by atoms with Crippen LogP contribution in [0.4, 0.5) is 10.5 Å². The Morgan fingerprint density at radius 3 is 2.12 bits per heavy atom. The molecule has 0 spiro atoms. The number of urea groups is 1. The van der Waals surface area contributed by atoms with E-state index in [0.29, 0.717) is 24.5 Å². The summed E-state index contributed by atoms with van der Waals surface area (Å²) < 4.78 is 5.43. The van der Waals surface area contributed by atoms with Crippen LogP contribution in [-0.4, -0.2) is 24.6 Å². The number of hydrogen-bond acceptors (Lipinski definition) is 3. The van der Waals surface area contributed by atoms with Crippen molar-refractivity contribution < 1.29 is 9.53 Å². The number of nitrogens with zero attached hydrogens (tertiary/aromatic N) is 1. The second-order valence-electron chi connectivity index (χ2n) is 8.24. The minimum atomic E-state index is -0.128. The molecule has 2 amide bonds. The van der Waals surface area contributed by atoms with Crippen LogP contribution in [-0.2, 0) is 6.54 Å². The highest BCUT2D eigenvalue weighted by molar-refractivity contribution is 7.10. The molecule has 1 aromatic heterocycles. The molecule has 1 heterocycles. The van der Waals surface area contributed by atoms with Crippen molar-refractivity contribution in [2.24, 2.45) is 0 Å². The van der Waals surface area contributed by atoms with E-state index in [1.807, 2.05) is 41.3 Å². The molecule has 0 aliphatic heterocycles. The average Bonchev–Trinajstić information content (AvgIpc) is 3.29. The second-order valence-corrected chi connectivity index (χ2v) is 9.24. The van der Waals surface area contributed by atoms with E-state index in [2.05, 4.69) is 72.2 Å². The van der Waals surface area contributed by atoms with Crippen molar-refractivity contribution in [3.05, 3.63) is 118 Å². The van der Waals surface area contributed by atoms with Crippen molar-refractivity contribution in [3.8, 4) is 5.75 Å². The number of hydrogen-bond donors (Lipinski definition) is 1. The summed E-state index contributed by atoms with van der Waals surface area (Å²) in [6, 6.07) is 30.5. The number of methoxy groups -OCH3 is 1. The highest BCUT2D eigenvalue weighted by Gasteiger charge is 2.21. The summed E-state index contributed by atoms with van der Waals surface area (Å²) in [5.41, 5.74) is 4.39. The van der Waals surface area contributed by atoms with Crippen LogP contribution in [0.1, 0.15) is 33.9 Å². The van der Waals surface area contributed by atoms with E-state index >= 15 is 0 Å². The van der Waals surface area contributed by atoms with Crippen molar-refractivity contribution in [3.63, 3.8) is 0 Å². The number of carbonyl (C=O) groups is 1. The lowest BCUT2D eigenvalue weighted by atomic mass is 9.88. The fourth-order valence-electron chi connectivity index (χ4n) is 4.12. The number of para-hydroxylation sites is 2. The molecule has 4 aromatic rings. The predicted molar refractivity (Wildman–Crippen MR) is 141 cm³/mol. The minimum absolute atomic E-state index is 0.128. The Kier molecular flexibility index (Phi) is 7.99. The molecule has 4 rings (SSSR count). The number of amides is 2. The lowest BCUT2D eigenvalue weighted by Gasteiger charge is -2.26. The maximum atomic E-state index is 13.5. The van der Waals surface area contributed by atoms with E-state index in [4.69, 9.17) is 4.74 Å². The van der Waals surface area contributed by atoms with Crippen LogP contribution in [0.5, 0.6) is 5.75 Å². The van der Waals surface area contributed by atoms with Gasteiger partial charge >= 0.3 is 6.03 Å². The number of carbonyl (C=O) groups excluding carboxylic acids is 1. The summed E-state index contributed by atoms with van der Waals surface area (Å²) in [7, 11) is 1.61. The Morgan fingerprint density at radius 2 is 1.53 bits per heavy atom. The first-order valence-electron chi connectivity index (χ1n) is 11.5. The molecule has 0 bridgehead atoms. The maximum absolute atomic E-state index is 13.5. The van der Waals surface area contributed by atoms with Crippen molar-refractivity contribution in [1.29, 1.82) is 0 Å². The van der Waals surface area contributed by atoms with Gasteiger partial charge in [-0.05, 0) is 53.6 Å². The lowest BCUT2D eigenvalue weighted by Crippen LogP contribution is -2.36. The Hall–Kier alpha value is -3.57. The van der Waals surface area contributed by atoms with Crippen LogP contribution in [0.25, 0.3) is 0 Å². The van der Waals surface area contributed by atoms with Crippen LogP contribution < -0.4 is 10.1 Å². The first-order chi connectivity index (χ1) is 16.7. The molecule has 4 nitrogen and oxygen atoms in total. The molecule has 0 radical (unpaired) electrons. The van der Waals surface area contributed by atoms with Gasteiger partial charge in [0.05, 0.1) is 19.3 Å². The molecular formula is C29H30N2O2S. The van der Waals surface area contributed by atoms with Gasteiger partial charge in [0, 0.05) is 17.3 Å². The Bertz CT molecular complexity index is 1150. The fraction of sp³-hybridized carbons (Fsp3) is 0.207. The van der Waals surface area contributed by atoms with E-state index in [1.165, 1.54) is 21.6 Å². The van der Waals surface area contributed by atoms with Crippen molar-refractivity contribution in [1.82, 2.24) is 4.90 Å². The monoisotopic (exact) mass is 470 g/mol. The van der Waals surface area contributed by atoms with E-state index in [0.717, 1.165) is 6.42 Å². The molecule has 1 N–H and O–H groups in total. The third-order valence-electron chi connectivity index (χ3n) is 6.03. The number of rotatable bonds is 9. The molecule has 0 aliphatic carbocycles. The van der Waals surface area contributed by atoms with Gasteiger partial charge in [0.15, 0.2) is 0 Å². The van der Waals surface area contributed by atoms with Crippen LogP contribution in [0.2, 0.25) is 0 Å². The van der Waals surface area contributed by atoms with E-state index in [1.54, 1.807) is 18.4 Å². The van der Waals surface area contributed by atoms with Crippen LogP contribution >= 0.6 is 11.3 Å². The standard InChI is InChI=1S/C29H30N2O2S/c1-22-18-20-34-28(22)21-31(29(32)30-26-15-9-10-16-27(26)33-2)19-17-25(23-11-5-3-6-12-23)24-13-7-4-8-14-24/h3-16,18,20,25H,17,19,21H2,1-2H3,(H,30,32). The summed E-state index contributed by atoms with van der Waals surface area (Å²) in [6.07, 6.45) is 0.817. The summed E-state index contributed by atoms with van der Waals surface area (Å²) >= 11 is 1.69. The van der Waals surface area contributed by atoms with Gasteiger partial charge in [-0.25, -0.2) is 4.79 Å². The van der Waals surface area contributed by atoms with Gasteiger partial charge in [-0.2, -0.15) is 0 Å². The zero-order valence-corrected chi connectivity index (χ0v) is 20.4. The average molecular weight is 471 g/mol. The summed E-state index contributed by atoms with van der Waals surface area (Å²) in [5.74, 6) is 0.850. The lowest BCUT2D eigenvalue weighted by molar-refractivity contribution is 0.208. The zero-order chi connectivity index (χ0) is 23.8. The molecule has 0 fully saturated rings. The predicted octanol–water partition coefficient (Wildman–Crippen LogP) is 7.32. The number of anilines is 1. The fourth-order valence-corrected chi connectivity index (χ4v) is 5.04. The van der Waals surface area contributed by atoms with Gasteiger partial charge in [0.2, 0.25) is 0 Å². The van der Waals surface area contributed by atoms with Gasteiger partial charge in [0.25, 0.3) is 0 Å². The molecule has 0 unspecified atom stereocenters. The molecule has 0 aliphatic rings. The number of benzene rings is 3. The maximum Gasteiger partial charge on any atom is 0.322 e. The quantitative estimate of drug-likeness (QED) is 0.278. The van der Waals surface area contributed by atoms with Crippen LogP contribution in [0.3, 0.4) is 0 Å². The molecule has 174 valence electrons. The Labute approximate surface area is 205 Å². The molecule has 0 atom stereocenters. The van der Waals surface area contributed by atoms with Gasteiger partial charge in [0.1, 0.15) is 5.75 Å². The third-order valence-corrected chi connectivity index (χ3v) is 7.04. The summed E-state index contributed by atoms with van der Waals surface area (Å²) in [5, 5.41) is 5.14. The number of ether oxygens (including phenoxy) is 1. The van der Waals surface area contributed by atoms with Crippen LogP contribution in [0, 0.1) is 6.92 Å².